The number of rotatable bonds is 3. The van der Waals surface area contributed by atoms with Gasteiger partial charge in [0.2, 0.25) is 0 Å². The topological polar surface area (TPSA) is 177 Å². The number of ether oxygens (including phenoxy) is 2. The number of phenolic OH excluding ortho intramolecular Hbond substituents is 2. The van der Waals surface area contributed by atoms with Crippen LogP contribution in [0.2, 0.25) is 0 Å². The molecular formula is C26H27NO9. The molecule has 0 amide bonds. The van der Waals surface area contributed by atoms with Gasteiger partial charge in [-0.2, -0.15) is 0 Å². The Bertz CT molecular complexity index is 1290. The van der Waals surface area contributed by atoms with Crippen LogP contribution < -0.4 is 5.73 Å². The second-order valence-corrected chi connectivity index (χ2v) is 9.80. The first-order valence-electron chi connectivity index (χ1n) is 11.7. The number of carbonyl (C=O) groups is 3. The fraction of sp³-hybridized carbons (Fsp3) is 0.423. The van der Waals surface area contributed by atoms with Gasteiger partial charge in [-0.3, -0.25) is 14.4 Å². The second-order valence-electron chi connectivity index (χ2n) is 9.80. The molecule has 6 atom stereocenters. The predicted octanol–water partition coefficient (Wildman–Crippen LogP) is 1.02. The van der Waals surface area contributed by atoms with Gasteiger partial charge in [0.05, 0.1) is 29.4 Å². The van der Waals surface area contributed by atoms with Gasteiger partial charge < -0.3 is 35.6 Å². The predicted molar refractivity (Wildman–Crippen MR) is 124 cm³/mol. The summed E-state index contributed by atoms with van der Waals surface area (Å²) in [5, 5.41) is 43.8. The van der Waals surface area contributed by atoms with Crippen LogP contribution in [0.3, 0.4) is 0 Å². The maximum atomic E-state index is 13.3. The lowest BCUT2D eigenvalue weighted by Gasteiger charge is -2.42. The number of carbonyl (C=O) groups excluding carboxylic acids is 3. The summed E-state index contributed by atoms with van der Waals surface area (Å²) in [4.78, 5) is 39.0. The third kappa shape index (κ3) is 3.56. The number of Topliss-reactive ketones (excluding diaryl/α,β-unsaturated/α-hetero) is 1. The number of benzene rings is 2. The molecule has 190 valence electrons. The summed E-state index contributed by atoms with van der Waals surface area (Å²) in [7, 11) is 0. The molecule has 2 aromatic carbocycles. The fourth-order valence-corrected chi connectivity index (χ4v) is 5.42. The molecule has 1 heterocycles. The maximum Gasteiger partial charge on any atom is 0.198 e. The van der Waals surface area contributed by atoms with E-state index in [0.717, 1.165) is 0 Å². The van der Waals surface area contributed by atoms with Crippen molar-refractivity contribution in [2.24, 2.45) is 5.73 Å². The van der Waals surface area contributed by atoms with E-state index in [4.69, 9.17) is 15.2 Å². The van der Waals surface area contributed by atoms with Crippen molar-refractivity contribution in [1.82, 2.24) is 0 Å². The molecule has 1 fully saturated rings. The third-order valence-corrected chi connectivity index (χ3v) is 7.50. The lowest BCUT2D eigenvalue weighted by molar-refractivity contribution is -0.247. The second kappa shape index (κ2) is 8.46. The van der Waals surface area contributed by atoms with Gasteiger partial charge in [0.15, 0.2) is 23.6 Å². The smallest absolute Gasteiger partial charge is 0.198 e. The van der Waals surface area contributed by atoms with Crippen molar-refractivity contribution in [3.05, 3.63) is 57.6 Å². The Balaban J connectivity index is 1.66. The zero-order valence-corrected chi connectivity index (χ0v) is 19.7. The van der Waals surface area contributed by atoms with Gasteiger partial charge in [-0.05, 0) is 13.8 Å². The zero-order chi connectivity index (χ0) is 26.1. The molecule has 0 saturated carbocycles. The molecule has 1 saturated heterocycles. The quantitative estimate of drug-likeness (QED) is 0.328. The van der Waals surface area contributed by atoms with E-state index in [1.54, 1.807) is 19.1 Å². The van der Waals surface area contributed by atoms with Gasteiger partial charge in [0.1, 0.15) is 17.1 Å². The lowest BCUT2D eigenvalue weighted by atomic mass is 9.72. The summed E-state index contributed by atoms with van der Waals surface area (Å²) >= 11 is 0. The first-order chi connectivity index (χ1) is 16.9. The number of phenols is 2. The van der Waals surface area contributed by atoms with Crippen molar-refractivity contribution in [3.8, 4) is 11.5 Å². The van der Waals surface area contributed by atoms with Crippen molar-refractivity contribution in [1.29, 1.82) is 0 Å². The minimum absolute atomic E-state index is 0.00588. The van der Waals surface area contributed by atoms with Crippen molar-refractivity contribution < 1.29 is 44.3 Å². The highest BCUT2D eigenvalue weighted by Gasteiger charge is 2.49. The first-order valence-corrected chi connectivity index (χ1v) is 11.7. The molecule has 2 aliphatic carbocycles. The van der Waals surface area contributed by atoms with E-state index in [-0.39, 0.29) is 46.2 Å². The standard InChI is InChI=1S/C26H27NO9/c1-10-21(29)15(27)7-17(35-10)36-16-9-26(34,11(2)28)8-14-18(16)25(33)20-19(24(14)32)22(30)12-5-3-4-6-13(12)23(20)31/h3-6,10,15-17,21,29,32-34H,7-9,27H2,1-2H3/t10-,15-,16+,17+,21+,26+/m0/s1. The summed E-state index contributed by atoms with van der Waals surface area (Å²) in [6, 6.07) is 5.40. The van der Waals surface area contributed by atoms with Gasteiger partial charge in [-0.25, -0.2) is 0 Å². The molecule has 36 heavy (non-hydrogen) atoms. The summed E-state index contributed by atoms with van der Waals surface area (Å²) in [6.07, 6.45) is -4.38. The number of aliphatic hydroxyl groups is 2. The number of fused-ring (bicyclic) bond motifs is 3. The molecule has 0 radical (unpaired) electrons. The van der Waals surface area contributed by atoms with E-state index >= 15 is 0 Å². The van der Waals surface area contributed by atoms with Crippen LogP contribution in [0.25, 0.3) is 0 Å². The molecule has 3 aliphatic rings. The first kappa shape index (κ1) is 24.5. The van der Waals surface area contributed by atoms with Gasteiger partial charge >= 0.3 is 0 Å². The summed E-state index contributed by atoms with van der Waals surface area (Å²) in [5.74, 6) is -3.06. The molecular weight excluding hydrogens is 470 g/mol. The lowest BCUT2D eigenvalue weighted by Crippen LogP contribution is -2.52. The number of aromatic hydroxyl groups is 2. The van der Waals surface area contributed by atoms with Crippen molar-refractivity contribution in [3.63, 3.8) is 0 Å². The molecule has 0 unspecified atom stereocenters. The van der Waals surface area contributed by atoms with E-state index in [2.05, 4.69) is 0 Å². The highest BCUT2D eigenvalue weighted by molar-refractivity contribution is 6.30. The Labute approximate surface area is 206 Å². The molecule has 1 aliphatic heterocycles. The van der Waals surface area contributed by atoms with Crippen LogP contribution in [0.5, 0.6) is 11.5 Å². The van der Waals surface area contributed by atoms with Crippen molar-refractivity contribution >= 4 is 17.3 Å². The average Bonchev–Trinajstić information content (AvgIpc) is 2.82. The number of nitrogens with two attached hydrogens (primary N) is 1. The van der Waals surface area contributed by atoms with Gasteiger partial charge in [-0.1, -0.05) is 24.3 Å². The Morgan fingerprint density at radius 2 is 1.69 bits per heavy atom. The summed E-state index contributed by atoms with van der Waals surface area (Å²) in [6.45, 7) is 2.80. The third-order valence-electron chi connectivity index (χ3n) is 7.50. The highest BCUT2D eigenvalue weighted by Crippen LogP contribution is 2.51. The van der Waals surface area contributed by atoms with Gasteiger partial charge in [0, 0.05) is 47.6 Å². The number of aliphatic hydroxyl groups excluding tert-OH is 1. The minimum atomic E-state index is -1.97. The largest absolute Gasteiger partial charge is 0.507 e. The monoisotopic (exact) mass is 497 g/mol. The molecule has 10 heteroatoms. The van der Waals surface area contributed by atoms with Crippen LogP contribution in [-0.2, 0) is 20.7 Å². The van der Waals surface area contributed by atoms with E-state index in [0.29, 0.717) is 0 Å². The van der Waals surface area contributed by atoms with Crippen LogP contribution in [0.15, 0.2) is 24.3 Å². The summed E-state index contributed by atoms with van der Waals surface area (Å²) < 4.78 is 11.8. The normalized spacial score (nSPS) is 31.4. The van der Waals surface area contributed by atoms with Gasteiger partial charge in [0.25, 0.3) is 0 Å². The number of ketones is 3. The molecule has 5 rings (SSSR count). The Hall–Kier alpha value is -3.15. The molecule has 0 spiro atoms. The SMILES string of the molecule is CC(=O)[C@@]1(O)Cc2c(O)c3c(c(O)c2[C@H](O[C@@H]2C[C@H](N)[C@H](O)[C@H](C)O2)C1)C(=O)c1ccccc1C3=O. The molecule has 0 bridgehead atoms. The Kier molecular flexibility index (Phi) is 5.77. The van der Waals surface area contributed by atoms with Crippen molar-refractivity contribution in [2.45, 2.75) is 69.4 Å². The summed E-state index contributed by atoms with van der Waals surface area (Å²) in [5.41, 5.74) is 3.38. The molecule has 2 aromatic rings. The zero-order valence-electron chi connectivity index (χ0n) is 19.7. The van der Waals surface area contributed by atoms with E-state index in [1.807, 2.05) is 0 Å². The maximum absolute atomic E-state index is 13.3. The van der Waals surface area contributed by atoms with Gasteiger partial charge in [-0.15, -0.1) is 0 Å². The van der Waals surface area contributed by atoms with E-state index in [9.17, 15) is 34.8 Å². The molecule has 0 aromatic heterocycles. The Morgan fingerprint density at radius 1 is 1.11 bits per heavy atom. The van der Waals surface area contributed by atoms with Crippen LogP contribution in [0.4, 0.5) is 0 Å². The van der Waals surface area contributed by atoms with E-state index < -0.39 is 71.5 Å². The van der Waals surface area contributed by atoms with Crippen LogP contribution in [-0.4, -0.2) is 67.9 Å². The van der Waals surface area contributed by atoms with Crippen molar-refractivity contribution in [2.75, 3.05) is 0 Å². The minimum Gasteiger partial charge on any atom is -0.507 e. The fourth-order valence-electron chi connectivity index (χ4n) is 5.42. The van der Waals surface area contributed by atoms with Crippen LogP contribution >= 0.6 is 0 Å². The number of hydrogen-bond acceptors (Lipinski definition) is 10. The Morgan fingerprint density at radius 3 is 2.25 bits per heavy atom. The molecule has 10 nitrogen and oxygen atoms in total. The molecule has 6 N–H and O–H groups in total. The van der Waals surface area contributed by atoms with Crippen LogP contribution in [0, 0.1) is 0 Å². The van der Waals surface area contributed by atoms with E-state index in [1.165, 1.54) is 19.1 Å². The average molecular weight is 498 g/mol. The highest BCUT2D eigenvalue weighted by atomic mass is 16.7. The number of hydrogen-bond donors (Lipinski definition) is 5. The van der Waals surface area contributed by atoms with Crippen LogP contribution in [0.1, 0.15) is 75.8 Å².